The molecule has 1 N–H and O–H groups in total. The number of halogens is 1. The summed E-state index contributed by atoms with van der Waals surface area (Å²) in [6.07, 6.45) is 1.55. The molecule has 0 aliphatic rings. The molecule has 1 amide bonds. The molecule has 2 aromatic carbocycles. The molecule has 0 atom stereocenters. The quantitative estimate of drug-likeness (QED) is 0.342. The average molecular weight is 434 g/mol. The van der Waals surface area contributed by atoms with E-state index in [0.717, 1.165) is 15.6 Å². The molecule has 3 rings (SSSR count). The second-order valence-electron chi connectivity index (χ2n) is 5.14. The van der Waals surface area contributed by atoms with Crippen LogP contribution in [0.4, 0.5) is 0 Å². The van der Waals surface area contributed by atoms with Crippen LogP contribution in [-0.4, -0.2) is 29.5 Å². The standard InChI is InChI=1S/C18H16BrN3O3S/c1-2-24-15-8-7-13(19)9-12(15)10-20-22-17(23)11-26-18-21-14-5-3-4-6-16(14)25-18/h3-10H,2,11H2,1H3,(H,22,23)/b20-10-. The lowest BCUT2D eigenvalue weighted by Gasteiger charge is -2.07. The van der Waals surface area contributed by atoms with E-state index >= 15 is 0 Å². The zero-order valence-electron chi connectivity index (χ0n) is 13.9. The number of ether oxygens (including phenoxy) is 1. The summed E-state index contributed by atoms with van der Waals surface area (Å²) in [7, 11) is 0. The fraction of sp³-hybridized carbons (Fsp3) is 0.167. The normalized spacial score (nSPS) is 11.2. The Balaban J connectivity index is 1.55. The Kier molecular flexibility index (Phi) is 6.30. The van der Waals surface area contributed by atoms with E-state index in [2.05, 4.69) is 31.4 Å². The molecule has 1 heterocycles. The number of carbonyl (C=O) groups is 1. The number of fused-ring (bicyclic) bond motifs is 1. The van der Waals surface area contributed by atoms with Gasteiger partial charge < -0.3 is 9.15 Å². The molecule has 6 nitrogen and oxygen atoms in total. The van der Waals surface area contributed by atoms with Crippen LogP contribution in [0.1, 0.15) is 12.5 Å². The van der Waals surface area contributed by atoms with Gasteiger partial charge in [-0.05, 0) is 37.3 Å². The Bertz CT molecular complexity index is 909. The van der Waals surface area contributed by atoms with Crippen LogP contribution in [0.5, 0.6) is 5.75 Å². The maximum atomic E-state index is 11.9. The van der Waals surface area contributed by atoms with E-state index in [1.54, 1.807) is 6.21 Å². The second kappa shape index (κ2) is 8.86. The van der Waals surface area contributed by atoms with E-state index < -0.39 is 0 Å². The van der Waals surface area contributed by atoms with Gasteiger partial charge in [0.1, 0.15) is 11.3 Å². The van der Waals surface area contributed by atoms with E-state index in [4.69, 9.17) is 9.15 Å². The molecule has 0 aliphatic carbocycles. The fourth-order valence-corrected chi connectivity index (χ4v) is 3.16. The van der Waals surface area contributed by atoms with Crippen molar-refractivity contribution in [2.75, 3.05) is 12.4 Å². The van der Waals surface area contributed by atoms with Gasteiger partial charge in [-0.2, -0.15) is 5.10 Å². The van der Waals surface area contributed by atoms with Crippen molar-refractivity contribution in [2.45, 2.75) is 12.1 Å². The van der Waals surface area contributed by atoms with Gasteiger partial charge in [-0.15, -0.1) is 0 Å². The van der Waals surface area contributed by atoms with Crippen molar-refractivity contribution < 1.29 is 13.9 Å². The average Bonchev–Trinajstić information content (AvgIpc) is 3.05. The van der Waals surface area contributed by atoms with E-state index in [0.29, 0.717) is 23.2 Å². The van der Waals surface area contributed by atoms with E-state index in [1.807, 2.05) is 49.4 Å². The monoisotopic (exact) mass is 433 g/mol. The molecular formula is C18H16BrN3O3S. The third kappa shape index (κ3) is 4.86. The minimum Gasteiger partial charge on any atom is -0.493 e. The summed E-state index contributed by atoms with van der Waals surface area (Å²) in [4.78, 5) is 16.3. The highest BCUT2D eigenvalue weighted by Crippen LogP contribution is 2.23. The molecule has 0 fully saturated rings. The Morgan fingerprint density at radius 2 is 2.23 bits per heavy atom. The van der Waals surface area contributed by atoms with Crippen LogP contribution in [0.2, 0.25) is 0 Å². The largest absolute Gasteiger partial charge is 0.493 e. The molecule has 0 unspecified atom stereocenters. The van der Waals surface area contributed by atoms with Gasteiger partial charge in [-0.25, -0.2) is 10.4 Å². The van der Waals surface area contributed by atoms with Crippen molar-refractivity contribution in [2.24, 2.45) is 5.10 Å². The van der Waals surface area contributed by atoms with E-state index in [-0.39, 0.29) is 11.7 Å². The van der Waals surface area contributed by atoms with Crippen LogP contribution in [-0.2, 0) is 4.79 Å². The molecular weight excluding hydrogens is 418 g/mol. The van der Waals surface area contributed by atoms with Gasteiger partial charge in [-0.1, -0.05) is 39.8 Å². The molecule has 134 valence electrons. The predicted molar refractivity (Wildman–Crippen MR) is 106 cm³/mol. The molecule has 3 aromatic rings. The highest BCUT2D eigenvalue weighted by atomic mass is 79.9. The number of benzene rings is 2. The van der Waals surface area contributed by atoms with Gasteiger partial charge in [0, 0.05) is 10.0 Å². The highest BCUT2D eigenvalue weighted by Gasteiger charge is 2.08. The third-order valence-corrected chi connectivity index (χ3v) is 4.59. The number of carbonyl (C=O) groups excluding carboxylic acids is 1. The molecule has 0 aliphatic heterocycles. The zero-order valence-corrected chi connectivity index (χ0v) is 16.3. The lowest BCUT2D eigenvalue weighted by atomic mass is 10.2. The SMILES string of the molecule is CCOc1ccc(Br)cc1/C=N\NC(=O)CSc1nc2ccccc2o1. The summed E-state index contributed by atoms with van der Waals surface area (Å²) in [5, 5.41) is 4.45. The molecule has 0 radical (unpaired) electrons. The van der Waals surface area contributed by atoms with Gasteiger partial charge in [0.25, 0.3) is 11.1 Å². The van der Waals surface area contributed by atoms with Crippen molar-refractivity contribution >= 4 is 50.9 Å². The van der Waals surface area contributed by atoms with Crippen LogP contribution in [0.25, 0.3) is 11.1 Å². The van der Waals surface area contributed by atoms with Crippen LogP contribution in [0, 0.1) is 0 Å². The van der Waals surface area contributed by atoms with E-state index in [9.17, 15) is 4.79 Å². The van der Waals surface area contributed by atoms with Gasteiger partial charge in [-0.3, -0.25) is 4.79 Å². The first-order valence-corrected chi connectivity index (χ1v) is 9.66. The Morgan fingerprint density at radius 3 is 3.04 bits per heavy atom. The topological polar surface area (TPSA) is 76.7 Å². The van der Waals surface area contributed by atoms with Crippen LogP contribution in [0.3, 0.4) is 0 Å². The van der Waals surface area contributed by atoms with Crippen molar-refractivity contribution in [3.8, 4) is 5.75 Å². The van der Waals surface area contributed by atoms with Gasteiger partial charge in [0.05, 0.1) is 18.6 Å². The molecule has 26 heavy (non-hydrogen) atoms. The maximum Gasteiger partial charge on any atom is 0.257 e. The van der Waals surface area contributed by atoms with Crippen LogP contribution < -0.4 is 10.2 Å². The molecule has 0 saturated heterocycles. The van der Waals surface area contributed by atoms with Gasteiger partial charge >= 0.3 is 0 Å². The van der Waals surface area contributed by atoms with Crippen LogP contribution in [0.15, 0.2) is 61.7 Å². The number of hydrogen-bond acceptors (Lipinski definition) is 6. The number of hydrazone groups is 1. The van der Waals surface area contributed by atoms with E-state index in [1.165, 1.54) is 11.8 Å². The lowest BCUT2D eigenvalue weighted by molar-refractivity contribution is -0.118. The van der Waals surface area contributed by atoms with Crippen molar-refractivity contribution in [1.82, 2.24) is 10.4 Å². The predicted octanol–water partition coefficient (Wildman–Crippen LogP) is 4.23. The fourth-order valence-electron chi connectivity index (χ4n) is 2.15. The van der Waals surface area contributed by atoms with Gasteiger partial charge in [0.2, 0.25) is 0 Å². The molecule has 0 bridgehead atoms. The number of nitrogens with one attached hydrogen (secondary N) is 1. The second-order valence-corrected chi connectivity index (χ2v) is 6.99. The highest BCUT2D eigenvalue weighted by molar-refractivity contribution is 9.10. The first kappa shape index (κ1) is 18.5. The molecule has 8 heteroatoms. The number of thioether (sulfide) groups is 1. The molecule has 1 aromatic heterocycles. The van der Waals surface area contributed by atoms with Crippen molar-refractivity contribution in [1.29, 1.82) is 0 Å². The van der Waals surface area contributed by atoms with Crippen molar-refractivity contribution in [3.63, 3.8) is 0 Å². The number of aromatic nitrogens is 1. The number of oxazole rings is 1. The molecule has 0 spiro atoms. The molecule has 0 saturated carbocycles. The zero-order chi connectivity index (χ0) is 18.4. The summed E-state index contributed by atoms with van der Waals surface area (Å²) in [5.41, 5.74) is 4.74. The first-order chi connectivity index (χ1) is 12.7. The number of nitrogens with zero attached hydrogens (tertiary/aromatic N) is 2. The lowest BCUT2D eigenvalue weighted by Crippen LogP contribution is -2.19. The number of amides is 1. The summed E-state index contributed by atoms with van der Waals surface area (Å²) in [6.45, 7) is 2.46. The van der Waals surface area contributed by atoms with Crippen molar-refractivity contribution in [3.05, 3.63) is 52.5 Å². The number of rotatable bonds is 7. The summed E-state index contributed by atoms with van der Waals surface area (Å²) < 4.78 is 12.0. The number of hydrogen-bond donors (Lipinski definition) is 1. The Hall–Kier alpha value is -2.32. The summed E-state index contributed by atoms with van der Waals surface area (Å²) in [6, 6.07) is 13.1. The first-order valence-electron chi connectivity index (χ1n) is 7.88. The summed E-state index contributed by atoms with van der Waals surface area (Å²) >= 11 is 4.63. The number of para-hydroxylation sites is 2. The van der Waals surface area contributed by atoms with Gasteiger partial charge in [0.15, 0.2) is 5.58 Å². The Labute approximate surface area is 163 Å². The Morgan fingerprint density at radius 1 is 1.38 bits per heavy atom. The third-order valence-electron chi connectivity index (χ3n) is 3.27. The maximum absolute atomic E-state index is 11.9. The minimum atomic E-state index is -0.249. The summed E-state index contributed by atoms with van der Waals surface area (Å²) in [5.74, 6) is 0.608. The minimum absolute atomic E-state index is 0.154. The smallest absolute Gasteiger partial charge is 0.257 e. The van der Waals surface area contributed by atoms with Crippen LogP contribution >= 0.6 is 27.7 Å².